The van der Waals surface area contributed by atoms with Crippen molar-refractivity contribution in [3.63, 3.8) is 0 Å². The molecule has 0 aromatic rings. The quantitative estimate of drug-likeness (QED) is 0.130. The molecule has 4 nitrogen and oxygen atoms in total. The van der Waals surface area contributed by atoms with Crippen molar-refractivity contribution in [3.8, 4) is 0 Å². The van der Waals surface area contributed by atoms with Gasteiger partial charge in [-0.3, -0.25) is 0 Å². The van der Waals surface area contributed by atoms with Gasteiger partial charge in [0, 0.05) is 19.5 Å². The molecule has 0 aliphatic heterocycles. The third-order valence-corrected chi connectivity index (χ3v) is 0.124. The van der Waals surface area contributed by atoms with Crippen molar-refractivity contribution in [2.24, 2.45) is 16.1 Å². The van der Waals surface area contributed by atoms with E-state index in [-0.39, 0.29) is 19.5 Å². The van der Waals surface area contributed by atoms with Gasteiger partial charge in [-0.15, -0.1) is 5.11 Å². The molecule has 0 spiro atoms. The van der Waals surface area contributed by atoms with Gasteiger partial charge in [0.05, 0.1) is 0 Å². The van der Waals surface area contributed by atoms with E-state index in [9.17, 15) is 0 Å². The Bertz CT molecular complexity index is 49.5. The molecule has 3 N–H and O–H groups in total. The average Bonchev–Trinajstić information content (AvgIpc) is 1.41. The predicted molar refractivity (Wildman–Crippen MR) is 17.8 cm³/mol. The Balaban J connectivity index is 0. The van der Waals surface area contributed by atoms with E-state index in [1.165, 1.54) is 0 Å². The zero-order valence-corrected chi connectivity index (χ0v) is 6.22. The summed E-state index contributed by atoms with van der Waals surface area (Å²) in [5.41, 5.74) is 6.00. The predicted octanol–water partition coefficient (Wildman–Crippen LogP) is -0.0831. The number of hydrogen-bond acceptors (Lipinski definition) is 3. The summed E-state index contributed by atoms with van der Waals surface area (Å²) in [4.78, 5) is 0. The molecular weight excluding hydrogens is 133 g/mol. The topological polar surface area (TPSA) is 74.6 Å². The molecule has 0 unspecified atom stereocenters. The maximum atomic E-state index is 6.00. The number of nitrogens with zero attached hydrogens (tertiary/aromatic N) is 2. The minimum atomic E-state index is 0. The van der Waals surface area contributed by atoms with Gasteiger partial charge in [-0.1, -0.05) is 0 Å². The van der Waals surface area contributed by atoms with Crippen LogP contribution in [0.2, 0.25) is 0 Å². The molecule has 0 saturated heterocycles. The Morgan fingerprint density at radius 1 is 1.67 bits per heavy atom. The van der Waals surface area contributed by atoms with E-state index in [2.05, 4.69) is 16.1 Å². The van der Waals surface area contributed by atoms with Gasteiger partial charge in [0.2, 0.25) is 0 Å². The van der Waals surface area contributed by atoms with Crippen LogP contribution in [0.5, 0.6) is 0 Å². The molecule has 0 atom stereocenters. The van der Waals surface area contributed by atoms with Gasteiger partial charge in [0.15, 0.2) is 6.34 Å². The fourth-order valence-electron chi connectivity index (χ4n) is 0.0333. The van der Waals surface area contributed by atoms with E-state index in [1.54, 1.807) is 0 Å². The van der Waals surface area contributed by atoms with Crippen LogP contribution in [-0.2, 0) is 19.5 Å². The second-order valence-corrected chi connectivity index (χ2v) is 0.394. The Morgan fingerprint density at radius 2 is 2.17 bits per heavy atom. The van der Waals surface area contributed by atoms with Gasteiger partial charge in [-0.2, -0.15) is 5.10 Å². The minimum absolute atomic E-state index is 0. The maximum Gasteiger partial charge on any atom is 0.156 e. The van der Waals surface area contributed by atoms with Crippen LogP contribution < -0.4 is 5.84 Å². The maximum absolute atomic E-state index is 6.00. The van der Waals surface area contributed by atoms with Crippen LogP contribution in [0, 0.1) is 5.53 Å². The summed E-state index contributed by atoms with van der Waals surface area (Å²) < 4.78 is 0. The third kappa shape index (κ3) is 9.34. The number of hydrazone groups is 1. The Kier molecular flexibility index (Phi) is 13.5. The summed E-state index contributed by atoms with van der Waals surface area (Å²) in [7, 11) is 0. The fourth-order valence-corrected chi connectivity index (χ4v) is 0.0333. The summed E-state index contributed by atoms with van der Waals surface area (Å²) in [5, 5.41) is 5.56. The van der Waals surface area contributed by atoms with E-state index < -0.39 is 0 Å². The van der Waals surface area contributed by atoms with Gasteiger partial charge < -0.3 is 5.84 Å². The molecule has 0 aliphatic carbocycles. The standard InChI is InChI=1S/CH4N4.Zn/c2-4-1-5-3;/h1-2H,3H2;/b4-2?,5-1+;. The number of rotatable bonds is 1. The first kappa shape index (κ1) is 9.19. The Hall–Kier alpha value is -0.307. The molecule has 0 rings (SSSR count). The van der Waals surface area contributed by atoms with Crippen molar-refractivity contribution >= 4 is 6.34 Å². The first-order chi connectivity index (χ1) is 2.41. The van der Waals surface area contributed by atoms with E-state index in [0.29, 0.717) is 0 Å². The molecule has 0 radical (unpaired) electrons. The molecule has 6 heavy (non-hydrogen) atoms. The molecular formula is CH4N4Zn. The largest absolute Gasteiger partial charge is 0.322 e. The molecule has 0 saturated carbocycles. The molecule has 0 amide bonds. The van der Waals surface area contributed by atoms with Crippen LogP contribution in [0.4, 0.5) is 0 Å². The second-order valence-electron chi connectivity index (χ2n) is 0.394. The van der Waals surface area contributed by atoms with Gasteiger partial charge in [0.25, 0.3) is 0 Å². The van der Waals surface area contributed by atoms with Crippen molar-refractivity contribution in [1.29, 1.82) is 5.53 Å². The fraction of sp³-hybridized carbons (Fsp3) is 0. The van der Waals surface area contributed by atoms with E-state index >= 15 is 0 Å². The van der Waals surface area contributed by atoms with Crippen LogP contribution in [-0.4, -0.2) is 6.34 Å². The number of nitrogens with one attached hydrogen (secondary N) is 1. The van der Waals surface area contributed by atoms with E-state index in [0.717, 1.165) is 6.34 Å². The van der Waals surface area contributed by atoms with Crippen molar-refractivity contribution in [1.82, 2.24) is 0 Å². The third-order valence-electron chi connectivity index (χ3n) is 0.124. The average molecular weight is 137 g/mol. The van der Waals surface area contributed by atoms with Crippen molar-refractivity contribution in [2.75, 3.05) is 0 Å². The van der Waals surface area contributed by atoms with Crippen LogP contribution in [0.1, 0.15) is 0 Å². The van der Waals surface area contributed by atoms with Gasteiger partial charge in [-0.25, -0.2) is 5.53 Å². The first-order valence-electron chi connectivity index (χ1n) is 0.998. The summed E-state index contributed by atoms with van der Waals surface area (Å²) in [6.45, 7) is 0. The summed E-state index contributed by atoms with van der Waals surface area (Å²) >= 11 is 0. The first-order valence-corrected chi connectivity index (χ1v) is 0.998. The molecule has 30 valence electrons. The van der Waals surface area contributed by atoms with Crippen LogP contribution in [0.25, 0.3) is 0 Å². The Morgan fingerprint density at radius 3 is 2.17 bits per heavy atom. The van der Waals surface area contributed by atoms with E-state index in [4.69, 9.17) is 5.53 Å². The molecule has 0 heterocycles. The summed E-state index contributed by atoms with van der Waals surface area (Å²) in [6, 6.07) is 0. The second kappa shape index (κ2) is 8.83. The summed E-state index contributed by atoms with van der Waals surface area (Å²) in [5.74, 6) is 4.49. The molecule has 5 heteroatoms. The van der Waals surface area contributed by atoms with Crippen molar-refractivity contribution in [2.45, 2.75) is 0 Å². The normalized spacial score (nSPS) is 7.33. The zero-order chi connectivity index (χ0) is 4.12. The summed E-state index contributed by atoms with van der Waals surface area (Å²) in [6.07, 6.45) is 0.944. The van der Waals surface area contributed by atoms with Crippen LogP contribution in [0.15, 0.2) is 10.2 Å². The van der Waals surface area contributed by atoms with Crippen molar-refractivity contribution in [3.05, 3.63) is 0 Å². The van der Waals surface area contributed by atoms with Crippen LogP contribution in [0.3, 0.4) is 0 Å². The monoisotopic (exact) mass is 136 g/mol. The molecule has 0 aromatic carbocycles. The minimum Gasteiger partial charge on any atom is -0.322 e. The molecule has 0 fully saturated rings. The Labute approximate surface area is 48.1 Å². The number of nitrogens with two attached hydrogens (primary N) is 1. The van der Waals surface area contributed by atoms with Crippen LogP contribution >= 0.6 is 0 Å². The van der Waals surface area contributed by atoms with Crippen molar-refractivity contribution < 1.29 is 19.5 Å². The van der Waals surface area contributed by atoms with Gasteiger partial charge in [-0.05, 0) is 0 Å². The zero-order valence-electron chi connectivity index (χ0n) is 3.26. The SMILES string of the molecule is N=N/C=N/N.[Zn]. The number of hydrogen-bond donors (Lipinski definition) is 2. The molecule has 0 aromatic heterocycles. The smallest absolute Gasteiger partial charge is 0.156 e. The molecule has 0 bridgehead atoms. The van der Waals surface area contributed by atoms with Gasteiger partial charge in [0.1, 0.15) is 0 Å². The van der Waals surface area contributed by atoms with E-state index in [1.807, 2.05) is 0 Å². The van der Waals surface area contributed by atoms with Gasteiger partial charge >= 0.3 is 0 Å². The molecule has 0 aliphatic rings.